The van der Waals surface area contributed by atoms with Crippen LogP contribution in [0.25, 0.3) is 11.3 Å². The van der Waals surface area contributed by atoms with Crippen LogP contribution in [-0.4, -0.2) is 21.5 Å². The summed E-state index contributed by atoms with van der Waals surface area (Å²) in [5.41, 5.74) is 1.95. The molecule has 0 aliphatic carbocycles. The number of aromatic amines is 1. The maximum atomic E-state index is 12.9. The molecule has 0 radical (unpaired) electrons. The fourth-order valence-corrected chi connectivity index (χ4v) is 2.76. The number of pyridine rings is 1. The van der Waals surface area contributed by atoms with Gasteiger partial charge >= 0.3 is 0 Å². The SMILES string of the molecule is O=Cc1cc(-c2ccncc2Sc2ccc(F)cc2)n[nH]1. The minimum absolute atomic E-state index is 0.270. The number of H-pyrrole nitrogens is 1. The van der Waals surface area contributed by atoms with E-state index in [9.17, 15) is 9.18 Å². The number of rotatable bonds is 4. The summed E-state index contributed by atoms with van der Waals surface area (Å²) < 4.78 is 12.9. The number of halogens is 1. The van der Waals surface area contributed by atoms with Gasteiger partial charge in [0.1, 0.15) is 5.82 Å². The van der Waals surface area contributed by atoms with Gasteiger partial charge in [0.2, 0.25) is 0 Å². The van der Waals surface area contributed by atoms with Crippen LogP contribution in [0.1, 0.15) is 10.5 Å². The lowest BCUT2D eigenvalue weighted by molar-refractivity contribution is 0.111. The summed E-state index contributed by atoms with van der Waals surface area (Å²) in [5, 5.41) is 6.77. The number of carbonyl (C=O) groups excluding carboxylic acids is 1. The molecule has 6 heteroatoms. The molecule has 4 nitrogen and oxygen atoms in total. The predicted octanol–water partition coefficient (Wildman–Crippen LogP) is 3.57. The standard InChI is InChI=1S/C15H10FN3OS/c16-10-1-3-12(4-2-10)21-15-8-17-6-5-13(15)14-7-11(9-20)18-19-14/h1-9H,(H,18,19). The summed E-state index contributed by atoms with van der Waals surface area (Å²) in [6.45, 7) is 0. The molecule has 2 heterocycles. The van der Waals surface area contributed by atoms with Gasteiger partial charge < -0.3 is 0 Å². The van der Waals surface area contributed by atoms with Crippen LogP contribution in [0, 0.1) is 5.82 Å². The molecule has 21 heavy (non-hydrogen) atoms. The zero-order chi connectivity index (χ0) is 14.7. The van der Waals surface area contributed by atoms with Crippen LogP contribution >= 0.6 is 11.8 Å². The van der Waals surface area contributed by atoms with Gasteiger partial charge in [0.25, 0.3) is 0 Å². The maximum absolute atomic E-state index is 12.9. The molecule has 0 saturated heterocycles. The van der Waals surface area contributed by atoms with Crippen LogP contribution in [-0.2, 0) is 0 Å². The first-order valence-electron chi connectivity index (χ1n) is 6.14. The van der Waals surface area contributed by atoms with E-state index in [0.29, 0.717) is 17.7 Å². The van der Waals surface area contributed by atoms with Gasteiger partial charge in [0, 0.05) is 27.7 Å². The van der Waals surface area contributed by atoms with Crippen molar-refractivity contribution in [2.24, 2.45) is 0 Å². The van der Waals surface area contributed by atoms with Crippen molar-refractivity contribution in [3.05, 3.63) is 60.3 Å². The van der Waals surface area contributed by atoms with Gasteiger partial charge in [-0.3, -0.25) is 14.9 Å². The molecule has 0 aliphatic rings. The highest BCUT2D eigenvalue weighted by Gasteiger charge is 2.10. The minimum Gasteiger partial charge on any atom is -0.296 e. The van der Waals surface area contributed by atoms with Crippen LogP contribution in [0.3, 0.4) is 0 Å². The Labute approximate surface area is 124 Å². The Morgan fingerprint density at radius 3 is 2.71 bits per heavy atom. The lowest BCUT2D eigenvalue weighted by atomic mass is 10.2. The van der Waals surface area contributed by atoms with Gasteiger partial charge in [-0.2, -0.15) is 5.10 Å². The van der Waals surface area contributed by atoms with Crippen LogP contribution < -0.4 is 0 Å². The second kappa shape index (κ2) is 5.88. The number of hydrogen-bond donors (Lipinski definition) is 1. The third kappa shape index (κ3) is 3.00. The molecule has 2 aromatic heterocycles. The van der Waals surface area contributed by atoms with Gasteiger partial charge in [-0.05, 0) is 36.4 Å². The van der Waals surface area contributed by atoms with Crippen LogP contribution in [0.15, 0.2) is 58.6 Å². The molecule has 0 fully saturated rings. The lowest BCUT2D eigenvalue weighted by Gasteiger charge is -2.06. The molecule has 0 spiro atoms. The summed E-state index contributed by atoms with van der Waals surface area (Å²) in [7, 11) is 0. The van der Waals surface area contributed by atoms with Gasteiger partial charge in [0.15, 0.2) is 6.29 Å². The summed E-state index contributed by atoms with van der Waals surface area (Å²) in [5.74, 6) is -0.270. The zero-order valence-electron chi connectivity index (χ0n) is 10.8. The molecule has 0 aliphatic heterocycles. The van der Waals surface area contributed by atoms with Crippen molar-refractivity contribution in [1.29, 1.82) is 0 Å². The van der Waals surface area contributed by atoms with Gasteiger partial charge in [0.05, 0.1) is 11.4 Å². The fourth-order valence-electron chi connectivity index (χ4n) is 1.84. The van der Waals surface area contributed by atoms with Gasteiger partial charge in [-0.1, -0.05) is 11.8 Å². The van der Waals surface area contributed by atoms with Crippen LogP contribution in [0.5, 0.6) is 0 Å². The number of nitrogens with zero attached hydrogens (tertiary/aromatic N) is 2. The van der Waals surface area contributed by atoms with E-state index in [-0.39, 0.29) is 5.82 Å². The molecule has 104 valence electrons. The van der Waals surface area contributed by atoms with Gasteiger partial charge in [-0.25, -0.2) is 4.39 Å². The Morgan fingerprint density at radius 2 is 2.00 bits per heavy atom. The highest BCUT2D eigenvalue weighted by atomic mass is 32.2. The first-order chi connectivity index (χ1) is 10.3. The molecule has 0 bridgehead atoms. The number of aromatic nitrogens is 3. The van der Waals surface area contributed by atoms with E-state index >= 15 is 0 Å². The first kappa shape index (κ1) is 13.5. The molecule has 0 unspecified atom stereocenters. The Morgan fingerprint density at radius 1 is 1.19 bits per heavy atom. The fraction of sp³-hybridized carbons (Fsp3) is 0. The number of aldehydes is 1. The smallest absolute Gasteiger partial charge is 0.167 e. The summed E-state index contributed by atoms with van der Waals surface area (Å²) in [4.78, 5) is 16.6. The van der Waals surface area contributed by atoms with E-state index in [4.69, 9.17) is 0 Å². The van der Waals surface area contributed by atoms with E-state index in [0.717, 1.165) is 15.4 Å². The first-order valence-corrected chi connectivity index (χ1v) is 6.96. The number of benzene rings is 1. The van der Waals surface area contributed by atoms with Crippen molar-refractivity contribution >= 4 is 18.0 Å². The highest BCUT2D eigenvalue weighted by Crippen LogP contribution is 2.34. The zero-order valence-corrected chi connectivity index (χ0v) is 11.6. The topological polar surface area (TPSA) is 58.6 Å². The molecular weight excluding hydrogens is 289 g/mol. The normalized spacial score (nSPS) is 10.5. The van der Waals surface area contributed by atoms with E-state index in [1.54, 1.807) is 30.6 Å². The Kier molecular flexibility index (Phi) is 3.79. The van der Waals surface area contributed by atoms with Crippen molar-refractivity contribution in [3.8, 4) is 11.3 Å². The summed E-state index contributed by atoms with van der Waals surface area (Å²) in [6, 6.07) is 9.75. The molecule has 3 aromatic rings. The summed E-state index contributed by atoms with van der Waals surface area (Å²) in [6.07, 6.45) is 4.10. The highest BCUT2D eigenvalue weighted by molar-refractivity contribution is 7.99. The van der Waals surface area contributed by atoms with E-state index in [1.165, 1.54) is 23.9 Å². The monoisotopic (exact) mass is 299 g/mol. The minimum atomic E-state index is -0.270. The van der Waals surface area contributed by atoms with Crippen LogP contribution in [0.4, 0.5) is 4.39 Å². The van der Waals surface area contributed by atoms with Crippen molar-refractivity contribution < 1.29 is 9.18 Å². The van der Waals surface area contributed by atoms with E-state index < -0.39 is 0 Å². The molecule has 1 aromatic carbocycles. The largest absolute Gasteiger partial charge is 0.296 e. The van der Waals surface area contributed by atoms with Crippen molar-refractivity contribution in [1.82, 2.24) is 15.2 Å². The maximum Gasteiger partial charge on any atom is 0.167 e. The number of carbonyl (C=O) groups is 1. The van der Waals surface area contributed by atoms with Crippen LogP contribution in [0.2, 0.25) is 0 Å². The van der Waals surface area contributed by atoms with Crippen molar-refractivity contribution in [2.45, 2.75) is 9.79 Å². The number of hydrogen-bond acceptors (Lipinski definition) is 4. The average molecular weight is 299 g/mol. The third-order valence-corrected chi connectivity index (χ3v) is 3.88. The predicted molar refractivity (Wildman–Crippen MR) is 77.7 cm³/mol. The Bertz CT molecular complexity index is 771. The summed E-state index contributed by atoms with van der Waals surface area (Å²) >= 11 is 1.46. The van der Waals surface area contributed by atoms with Crippen molar-refractivity contribution in [2.75, 3.05) is 0 Å². The van der Waals surface area contributed by atoms with Crippen molar-refractivity contribution in [3.63, 3.8) is 0 Å². The van der Waals surface area contributed by atoms with E-state index in [2.05, 4.69) is 15.2 Å². The second-order valence-corrected chi connectivity index (χ2v) is 5.37. The molecule has 3 rings (SSSR count). The van der Waals surface area contributed by atoms with E-state index in [1.807, 2.05) is 6.07 Å². The molecule has 0 atom stereocenters. The Balaban J connectivity index is 1.95. The second-order valence-electron chi connectivity index (χ2n) is 4.25. The number of nitrogens with one attached hydrogen (secondary N) is 1. The quantitative estimate of drug-likeness (QED) is 0.748. The molecule has 0 saturated carbocycles. The molecular formula is C15H10FN3OS. The average Bonchev–Trinajstić information content (AvgIpc) is 2.99. The lowest BCUT2D eigenvalue weighted by Crippen LogP contribution is -1.85. The third-order valence-electron chi connectivity index (χ3n) is 2.83. The molecule has 0 amide bonds. The Hall–Kier alpha value is -2.47. The van der Waals surface area contributed by atoms with Gasteiger partial charge in [-0.15, -0.1) is 0 Å². The molecule has 1 N–H and O–H groups in total.